The Hall–Kier alpha value is -6.22. The number of thiophene rings is 1. The van der Waals surface area contributed by atoms with Gasteiger partial charge in [-0.15, -0.1) is 11.3 Å². The Morgan fingerprint density at radius 2 is 0.902 bits per heavy atom. The maximum Gasteiger partial charge on any atom is 0.0713 e. The first kappa shape index (κ1) is 29.7. The molecule has 0 unspecified atom stereocenters. The van der Waals surface area contributed by atoms with E-state index in [1.807, 2.05) is 11.3 Å². The molecule has 240 valence electrons. The fourth-order valence-electron chi connectivity index (χ4n) is 8.38. The van der Waals surface area contributed by atoms with Gasteiger partial charge < -0.3 is 4.90 Å². The normalized spacial score (nSPS) is 12.9. The fraction of sp³-hybridized carbons (Fsp3) is 0.0204. The third kappa shape index (κ3) is 4.61. The van der Waals surface area contributed by atoms with E-state index in [4.69, 9.17) is 0 Å². The first-order valence-electron chi connectivity index (χ1n) is 17.5. The smallest absolute Gasteiger partial charge is 0.0713 e. The molecule has 0 atom stereocenters. The quantitative estimate of drug-likeness (QED) is 0.171. The van der Waals surface area contributed by atoms with Crippen molar-refractivity contribution in [3.63, 3.8) is 0 Å². The minimum Gasteiger partial charge on any atom is -0.310 e. The lowest BCUT2D eigenvalue weighted by Gasteiger charge is -2.34. The Labute approximate surface area is 302 Å². The maximum atomic E-state index is 2.38. The third-order valence-electron chi connectivity index (χ3n) is 10.6. The van der Waals surface area contributed by atoms with E-state index in [0.29, 0.717) is 0 Å². The fourth-order valence-corrected chi connectivity index (χ4v) is 9.62. The summed E-state index contributed by atoms with van der Waals surface area (Å²) in [5.41, 5.74) is 13.2. The van der Waals surface area contributed by atoms with E-state index in [0.717, 1.165) is 17.1 Å². The van der Waals surface area contributed by atoms with Gasteiger partial charge in [-0.3, -0.25) is 0 Å². The molecule has 0 amide bonds. The van der Waals surface area contributed by atoms with Gasteiger partial charge in [0.1, 0.15) is 0 Å². The number of hydrogen-bond donors (Lipinski definition) is 0. The summed E-state index contributed by atoms with van der Waals surface area (Å²) in [5, 5.41) is 2.64. The molecule has 2 heteroatoms. The van der Waals surface area contributed by atoms with Gasteiger partial charge in [0, 0.05) is 37.2 Å². The van der Waals surface area contributed by atoms with Gasteiger partial charge in [-0.2, -0.15) is 0 Å². The van der Waals surface area contributed by atoms with Crippen molar-refractivity contribution in [3.05, 3.63) is 222 Å². The number of rotatable bonds is 6. The molecule has 0 saturated carbocycles. The van der Waals surface area contributed by atoms with E-state index in [1.165, 1.54) is 64.7 Å². The molecule has 0 saturated heterocycles. The van der Waals surface area contributed by atoms with Gasteiger partial charge in [0.25, 0.3) is 0 Å². The molecule has 0 bridgehead atoms. The van der Waals surface area contributed by atoms with E-state index < -0.39 is 5.41 Å². The van der Waals surface area contributed by atoms with Gasteiger partial charge >= 0.3 is 0 Å². The lowest BCUT2D eigenvalue weighted by Crippen LogP contribution is -2.28. The maximum absolute atomic E-state index is 2.38. The highest BCUT2D eigenvalue weighted by Gasteiger charge is 2.45. The molecule has 0 aliphatic heterocycles. The lowest BCUT2D eigenvalue weighted by atomic mass is 9.68. The standard InChI is InChI=1S/C49H33NS/c1-3-16-35(17-4-1)49(45-26-10-7-21-41(45)42-22-8-11-27-46(42)49)36-29-31-38(32-30-36)50(37-18-5-2-6-19-37)39-20-13-15-34(33-39)40-24-14-25-44-43-23-9-12-28-47(43)51-48(40)44/h1-33H. The molecule has 8 aromatic carbocycles. The Morgan fingerprint density at radius 3 is 1.65 bits per heavy atom. The van der Waals surface area contributed by atoms with Gasteiger partial charge in [-0.1, -0.05) is 158 Å². The summed E-state index contributed by atoms with van der Waals surface area (Å²) < 4.78 is 2.65. The predicted molar refractivity (Wildman–Crippen MR) is 217 cm³/mol. The molecule has 1 heterocycles. The first-order valence-corrected chi connectivity index (χ1v) is 18.3. The molecule has 0 fully saturated rings. The number of fused-ring (bicyclic) bond motifs is 6. The molecule has 10 rings (SSSR count). The Kier molecular flexibility index (Phi) is 6.97. The second-order valence-electron chi connectivity index (χ2n) is 13.3. The third-order valence-corrected chi connectivity index (χ3v) is 11.8. The molecule has 1 nitrogen and oxygen atoms in total. The summed E-state index contributed by atoms with van der Waals surface area (Å²) >= 11 is 1.88. The SMILES string of the molecule is c1ccc(N(c2ccc(C3(c4ccccc4)c4ccccc4-c4ccccc43)cc2)c2cccc(-c3cccc4c3sc3ccccc34)c2)cc1. The van der Waals surface area contributed by atoms with Crippen LogP contribution in [-0.2, 0) is 5.41 Å². The van der Waals surface area contributed by atoms with E-state index in [2.05, 4.69) is 205 Å². The molecule has 0 N–H and O–H groups in total. The van der Waals surface area contributed by atoms with Crippen LogP contribution in [0.15, 0.2) is 200 Å². The molecule has 0 spiro atoms. The summed E-state index contributed by atoms with van der Waals surface area (Å²) in [5.74, 6) is 0. The van der Waals surface area contributed by atoms with Crippen molar-refractivity contribution in [1.29, 1.82) is 0 Å². The van der Waals surface area contributed by atoms with Crippen molar-refractivity contribution in [3.8, 4) is 22.3 Å². The highest BCUT2D eigenvalue weighted by Crippen LogP contribution is 2.56. The van der Waals surface area contributed by atoms with E-state index in [1.54, 1.807) is 0 Å². The van der Waals surface area contributed by atoms with Crippen LogP contribution in [0, 0.1) is 0 Å². The monoisotopic (exact) mass is 667 g/mol. The topological polar surface area (TPSA) is 3.24 Å². The molecule has 1 aliphatic carbocycles. The van der Waals surface area contributed by atoms with Crippen LogP contribution >= 0.6 is 11.3 Å². The molecule has 1 aromatic heterocycles. The first-order chi connectivity index (χ1) is 25.3. The number of hydrogen-bond acceptors (Lipinski definition) is 2. The van der Waals surface area contributed by atoms with Crippen molar-refractivity contribution in [2.75, 3.05) is 4.90 Å². The number of nitrogens with zero attached hydrogens (tertiary/aromatic N) is 1. The highest BCUT2D eigenvalue weighted by molar-refractivity contribution is 7.26. The zero-order valence-electron chi connectivity index (χ0n) is 27.9. The molecule has 1 aliphatic rings. The van der Waals surface area contributed by atoms with Crippen molar-refractivity contribution in [2.45, 2.75) is 5.41 Å². The van der Waals surface area contributed by atoms with E-state index >= 15 is 0 Å². The summed E-state index contributed by atoms with van der Waals surface area (Å²) in [6.07, 6.45) is 0. The summed E-state index contributed by atoms with van der Waals surface area (Å²) in [4.78, 5) is 2.38. The van der Waals surface area contributed by atoms with Gasteiger partial charge in [-0.25, -0.2) is 0 Å². The van der Waals surface area contributed by atoms with Crippen molar-refractivity contribution >= 4 is 48.6 Å². The van der Waals surface area contributed by atoms with Crippen LogP contribution in [0.4, 0.5) is 17.1 Å². The Bertz CT molecular complexity index is 2640. The van der Waals surface area contributed by atoms with Crippen molar-refractivity contribution in [2.24, 2.45) is 0 Å². The van der Waals surface area contributed by atoms with Crippen LogP contribution in [0.5, 0.6) is 0 Å². The van der Waals surface area contributed by atoms with Gasteiger partial charge in [0.15, 0.2) is 0 Å². The number of para-hydroxylation sites is 1. The van der Waals surface area contributed by atoms with E-state index in [-0.39, 0.29) is 0 Å². The van der Waals surface area contributed by atoms with Crippen molar-refractivity contribution < 1.29 is 0 Å². The van der Waals surface area contributed by atoms with Crippen molar-refractivity contribution in [1.82, 2.24) is 0 Å². The van der Waals surface area contributed by atoms with Crippen LogP contribution in [0.2, 0.25) is 0 Å². The average molecular weight is 668 g/mol. The minimum atomic E-state index is -0.423. The van der Waals surface area contributed by atoms with Crippen LogP contribution in [-0.4, -0.2) is 0 Å². The molecular formula is C49H33NS. The second-order valence-corrected chi connectivity index (χ2v) is 14.3. The minimum absolute atomic E-state index is 0.423. The predicted octanol–water partition coefficient (Wildman–Crippen LogP) is 13.6. The largest absolute Gasteiger partial charge is 0.310 e. The zero-order valence-corrected chi connectivity index (χ0v) is 28.7. The van der Waals surface area contributed by atoms with Crippen LogP contribution < -0.4 is 4.90 Å². The molecular weight excluding hydrogens is 635 g/mol. The molecule has 51 heavy (non-hydrogen) atoms. The summed E-state index contributed by atoms with van der Waals surface area (Å²) in [7, 11) is 0. The van der Waals surface area contributed by atoms with E-state index in [9.17, 15) is 0 Å². The second kappa shape index (κ2) is 12.0. The Balaban J connectivity index is 1.13. The zero-order chi connectivity index (χ0) is 33.8. The van der Waals surface area contributed by atoms with Gasteiger partial charge in [0.2, 0.25) is 0 Å². The Morgan fingerprint density at radius 1 is 0.373 bits per heavy atom. The molecule has 0 radical (unpaired) electrons. The highest BCUT2D eigenvalue weighted by atomic mass is 32.1. The average Bonchev–Trinajstić information content (AvgIpc) is 3.74. The number of benzene rings is 8. The van der Waals surface area contributed by atoms with Crippen LogP contribution in [0.25, 0.3) is 42.4 Å². The summed E-state index contributed by atoms with van der Waals surface area (Å²) in [6.45, 7) is 0. The summed E-state index contributed by atoms with van der Waals surface area (Å²) in [6, 6.07) is 73.3. The van der Waals surface area contributed by atoms with Crippen LogP contribution in [0.3, 0.4) is 0 Å². The van der Waals surface area contributed by atoms with Gasteiger partial charge in [-0.05, 0) is 87.0 Å². The van der Waals surface area contributed by atoms with Gasteiger partial charge in [0.05, 0.1) is 5.41 Å². The number of anilines is 3. The van der Waals surface area contributed by atoms with Crippen LogP contribution in [0.1, 0.15) is 22.3 Å². The molecule has 9 aromatic rings. The lowest BCUT2D eigenvalue weighted by molar-refractivity contribution is 0.768.